The second-order valence-electron chi connectivity index (χ2n) is 6.43. The molecule has 2 N–H and O–H groups in total. The Labute approximate surface area is 146 Å². The highest BCUT2D eigenvalue weighted by atomic mass is 16.2. The Kier molecular flexibility index (Phi) is 4.70. The van der Waals surface area contributed by atoms with Crippen molar-refractivity contribution in [1.82, 2.24) is 10.6 Å². The number of rotatable bonds is 5. The number of nitrogens with one attached hydrogen (secondary N) is 2. The Hall–Kier alpha value is -2.89. The largest absolute Gasteiger partial charge is 0.354 e. The Morgan fingerprint density at radius 2 is 1.88 bits per heavy atom. The molecule has 6 nitrogen and oxygen atoms in total. The summed E-state index contributed by atoms with van der Waals surface area (Å²) in [7, 11) is 0. The van der Waals surface area contributed by atoms with Crippen molar-refractivity contribution < 1.29 is 14.4 Å². The van der Waals surface area contributed by atoms with Gasteiger partial charge in [0.15, 0.2) is 0 Å². The van der Waals surface area contributed by atoms with E-state index in [0.717, 1.165) is 10.8 Å². The van der Waals surface area contributed by atoms with E-state index >= 15 is 0 Å². The van der Waals surface area contributed by atoms with Gasteiger partial charge in [0, 0.05) is 17.8 Å². The maximum absolute atomic E-state index is 12.7. The summed E-state index contributed by atoms with van der Waals surface area (Å²) in [6.07, 6.45) is 0.475. The van der Waals surface area contributed by atoms with Crippen LogP contribution in [0.1, 0.15) is 26.7 Å². The third-order valence-electron chi connectivity index (χ3n) is 4.14. The van der Waals surface area contributed by atoms with Gasteiger partial charge in [0.25, 0.3) is 5.91 Å². The number of benzene rings is 2. The van der Waals surface area contributed by atoms with Crippen LogP contribution in [0, 0.1) is 0 Å². The van der Waals surface area contributed by atoms with Crippen molar-refractivity contribution in [2.45, 2.75) is 38.8 Å². The Balaban J connectivity index is 1.78. The molecule has 130 valence electrons. The first-order valence-corrected chi connectivity index (χ1v) is 8.39. The summed E-state index contributed by atoms with van der Waals surface area (Å²) in [5, 5.41) is 7.26. The van der Waals surface area contributed by atoms with E-state index in [-0.39, 0.29) is 30.7 Å². The summed E-state index contributed by atoms with van der Waals surface area (Å²) >= 11 is 0. The number of hydrogen-bond donors (Lipinski definition) is 2. The smallest absolute Gasteiger partial charge is 0.329 e. The fourth-order valence-electron chi connectivity index (χ4n) is 3.03. The van der Waals surface area contributed by atoms with Gasteiger partial charge >= 0.3 is 6.03 Å². The van der Waals surface area contributed by atoms with Crippen molar-refractivity contribution >= 4 is 34.3 Å². The molecule has 0 saturated carbocycles. The van der Waals surface area contributed by atoms with Gasteiger partial charge in [-0.15, -0.1) is 0 Å². The zero-order valence-corrected chi connectivity index (χ0v) is 14.3. The minimum absolute atomic E-state index is 0.0496. The highest BCUT2D eigenvalue weighted by Gasteiger charge is 2.39. The molecule has 2 aromatic rings. The van der Waals surface area contributed by atoms with Crippen molar-refractivity contribution in [1.29, 1.82) is 0 Å². The quantitative estimate of drug-likeness (QED) is 0.822. The summed E-state index contributed by atoms with van der Waals surface area (Å²) in [5.41, 5.74) is 0.565. The molecule has 25 heavy (non-hydrogen) atoms. The zero-order valence-electron chi connectivity index (χ0n) is 14.3. The van der Waals surface area contributed by atoms with E-state index in [1.165, 1.54) is 4.90 Å². The maximum atomic E-state index is 12.7. The van der Waals surface area contributed by atoms with Crippen molar-refractivity contribution in [3.63, 3.8) is 0 Å². The molecule has 2 aromatic carbocycles. The lowest BCUT2D eigenvalue weighted by molar-refractivity contribution is -0.122. The SMILES string of the molecule is CC(C)NC(=O)CCC1NC(=O)N(c2cccc3ccccc23)C1=O. The molecule has 0 aromatic heterocycles. The predicted octanol–water partition coefficient (Wildman–Crippen LogP) is 2.57. The van der Waals surface area contributed by atoms with Crippen LogP contribution in [-0.2, 0) is 9.59 Å². The topological polar surface area (TPSA) is 78.5 Å². The van der Waals surface area contributed by atoms with Gasteiger partial charge < -0.3 is 10.6 Å². The predicted molar refractivity (Wildman–Crippen MR) is 96.3 cm³/mol. The van der Waals surface area contributed by atoms with Crippen LogP contribution in [0.15, 0.2) is 42.5 Å². The molecule has 0 aliphatic carbocycles. The van der Waals surface area contributed by atoms with Crippen LogP contribution in [0.2, 0.25) is 0 Å². The molecule has 0 radical (unpaired) electrons. The Morgan fingerprint density at radius 3 is 2.64 bits per heavy atom. The van der Waals surface area contributed by atoms with Crippen LogP contribution in [0.25, 0.3) is 10.8 Å². The first kappa shape index (κ1) is 17.0. The summed E-state index contributed by atoms with van der Waals surface area (Å²) < 4.78 is 0. The van der Waals surface area contributed by atoms with Gasteiger partial charge in [0.05, 0.1) is 5.69 Å². The number of anilines is 1. The van der Waals surface area contributed by atoms with Gasteiger partial charge in [0.1, 0.15) is 6.04 Å². The minimum atomic E-state index is -0.676. The monoisotopic (exact) mass is 339 g/mol. The molecular weight excluding hydrogens is 318 g/mol. The summed E-state index contributed by atoms with van der Waals surface area (Å²) in [5.74, 6) is -0.445. The normalized spacial score (nSPS) is 17.2. The van der Waals surface area contributed by atoms with Gasteiger partial charge in [-0.25, -0.2) is 9.69 Å². The molecular formula is C19H21N3O3. The fourth-order valence-corrected chi connectivity index (χ4v) is 3.03. The maximum Gasteiger partial charge on any atom is 0.329 e. The van der Waals surface area contributed by atoms with E-state index in [0.29, 0.717) is 5.69 Å². The molecule has 0 spiro atoms. The van der Waals surface area contributed by atoms with Crippen LogP contribution < -0.4 is 15.5 Å². The molecule has 6 heteroatoms. The second-order valence-corrected chi connectivity index (χ2v) is 6.43. The lowest BCUT2D eigenvalue weighted by Gasteiger charge is -2.15. The van der Waals surface area contributed by atoms with E-state index in [9.17, 15) is 14.4 Å². The van der Waals surface area contributed by atoms with E-state index in [2.05, 4.69) is 10.6 Å². The summed E-state index contributed by atoms with van der Waals surface area (Å²) in [6, 6.07) is 12.0. The number of hydrogen-bond acceptors (Lipinski definition) is 3. The molecule has 1 aliphatic rings. The molecule has 4 amide bonds. The number of imide groups is 1. The van der Waals surface area contributed by atoms with Crippen LogP contribution in [0.4, 0.5) is 10.5 Å². The average molecular weight is 339 g/mol. The standard InChI is InChI=1S/C19H21N3O3/c1-12(2)20-17(23)11-10-15-18(24)22(19(25)21-15)16-9-5-7-13-6-3-4-8-14(13)16/h3-9,12,15H,10-11H2,1-2H3,(H,20,23)(H,21,25). The first-order valence-electron chi connectivity index (χ1n) is 8.39. The summed E-state index contributed by atoms with van der Waals surface area (Å²) in [4.78, 5) is 38.0. The van der Waals surface area contributed by atoms with Crippen molar-refractivity contribution in [3.8, 4) is 0 Å². The molecule has 1 heterocycles. The minimum Gasteiger partial charge on any atom is -0.354 e. The van der Waals surface area contributed by atoms with Gasteiger partial charge in [0.2, 0.25) is 5.91 Å². The van der Waals surface area contributed by atoms with Crippen molar-refractivity contribution in [3.05, 3.63) is 42.5 Å². The van der Waals surface area contributed by atoms with E-state index in [1.54, 1.807) is 6.07 Å². The first-order chi connectivity index (χ1) is 12.0. The highest BCUT2D eigenvalue weighted by Crippen LogP contribution is 2.29. The van der Waals surface area contributed by atoms with E-state index in [4.69, 9.17) is 0 Å². The second kappa shape index (κ2) is 6.93. The molecule has 3 rings (SSSR count). The number of fused-ring (bicyclic) bond motifs is 1. The molecule has 1 aliphatic heterocycles. The van der Waals surface area contributed by atoms with Gasteiger partial charge in [-0.2, -0.15) is 0 Å². The molecule has 1 atom stereocenters. The van der Waals surface area contributed by atoms with Crippen LogP contribution in [-0.4, -0.2) is 29.9 Å². The van der Waals surface area contributed by atoms with Crippen LogP contribution >= 0.6 is 0 Å². The Bertz CT molecular complexity index is 826. The highest BCUT2D eigenvalue weighted by molar-refractivity contribution is 6.24. The molecule has 0 bridgehead atoms. The van der Waals surface area contributed by atoms with Crippen molar-refractivity contribution in [2.24, 2.45) is 0 Å². The molecule has 1 unspecified atom stereocenters. The zero-order chi connectivity index (χ0) is 18.0. The molecule has 1 saturated heterocycles. The number of urea groups is 1. The Morgan fingerprint density at radius 1 is 1.16 bits per heavy atom. The van der Waals surface area contributed by atoms with Gasteiger partial charge in [-0.1, -0.05) is 36.4 Å². The number of carbonyl (C=O) groups excluding carboxylic acids is 3. The van der Waals surface area contributed by atoms with Gasteiger partial charge in [-0.3, -0.25) is 9.59 Å². The molecule has 1 fully saturated rings. The van der Waals surface area contributed by atoms with Crippen molar-refractivity contribution in [2.75, 3.05) is 4.90 Å². The third-order valence-corrected chi connectivity index (χ3v) is 4.14. The van der Waals surface area contributed by atoms with E-state index in [1.807, 2.05) is 50.2 Å². The van der Waals surface area contributed by atoms with Crippen LogP contribution in [0.3, 0.4) is 0 Å². The number of nitrogens with zero attached hydrogens (tertiary/aromatic N) is 1. The number of carbonyl (C=O) groups is 3. The third kappa shape index (κ3) is 3.47. The van der Waals surface area contributed by atoms with E-state index < -0.39 is 12.1 Å². The average Bonchev–Trinajstić information content (AvgIpc) is 2.86. The van der Waals surface area contributed by atoms with Crippen LogP contribution in [0.5, 0.6) is 0 Å². The lowest BCUT2D eigenvalue weighted by Crippen LogP contribution is -2.34. The lowest BCUT2D eigenvalue weighted by atomic mass is 10.1. The number of amides is 4. The fraction of sp³-hybridized carbons (Fsp3) is 0.316. The summed E-state index contributed by atoms with van der Waals surface area (Å²) in [6.45, 7) is 3.76. The van der Waals surface area contributed by atoms with Gasteiger partial charge in [-0.05, 0) is 31.7 Å².